The molecule has 2 atom stereocenters. The molecule has 0 radical (unpaired) electrons. The number of hydrogen-bond donors (Lipinski definition) is 2. The van der Waals surface area contributed by atoms with E-state index in [9.17, 15) is 9.18 Å². The number of carbonyl (C=O) groups is 1. The van der Waals surface area contributed by atoms with Gasteiger partial charge in [0.2, 0.25) is 5.91 Å². The van der Waals surface area contributed by atoms with Crippen molar-refractivity contribution >= 4 is 5.91 Å². The molecule has 0 fully saturated rings. The van der Waals surface area contributed by atoms with Crippen LogP contribution in [0.5, 0.6) is 0 Å². The summed E-state index contributed by atoms with van der Waals surface area (Å²) in [6.07, 6.45) is 0. The molecular weight excluding hydrogens is 247 g/mol. The highest BCUT2D eigenvalue weighted by Gasteiger charge is 2.10. The van der Waals surface area contributed by atoms with Gasteiger partial charge in [-0.25, -0.2) is 4.39 Å². The molecule has 0 aliphatic rings. The maximum Gasteiger partial charge on any atom is 0.234 e. The number of hydrogen-bond acceptors (Lipinski definition) is 3. The molecule has 1 aromatic rings. The Labute approximate surface area is 113 Å². The third-order valence-electron chi connectivity index (χ3n) is 2.76. The van der Waals surface area contributed by atoms with Crippen molar-refractivity contribution in [2.24, 2.45) is 0 Å². The van der Waals surface area contributed by atoms with Gasteiger partial charge in [-0.15, -0.1) is 0 Å². The monoisotopic (exact) mass is 268 g/mol. The number of methoxy groups -OCH3 is 1. The van der Waals surface area contributed by atoms with Gasteiger partial charge in [0.1, 0.15) is 5.82 Å². The maximum atomic E-state index is 12.8. The zero-order chi connectivity index (χ0) is 14.3. The van der Waals surface area contributed by atoms with Crippen LogP contribution in [0.15, 0.2) is 24.3 Å². The fourth-order valence-electron chi connectivity index (χ4n) is 1.73. The molecule has 4 nitrogen and oxygen atoms in total. The highest BCUT2D eigenvalue weighted by atomic mass is 19.1. The van der Waals surface area contributed by atoms with Crippen molar-refractivity contribution in [1.29, 1.82) is 0 Å². The van der Waals surface area contributed by atoms with Gasteiger partial charge >= 0.3 is 0 Å². The van der Waals surface area contributed by atoms with Gasteiger partial charge in [-0.05, 0) is 31.5 Å². The minimum atomic E-state index is -0.262. The third kappa shape index (κ3) is 5.81. The molecule has 0 aliphatic heterocycles. The summed E-state index contributed by atoms with van der Waals surface area (Å²) < 4.78 is 17.7. The molecule has 19 heavy (non-hydrogen) atoms. The van der Waals surface area contributed by atoms with Gasteiger partial charge in [-0.2, -0.15) is 0 Å². The number of benzene rings is 1. The second-order valence-electron chi connectivity index (χ2n) is 4.58. The SMILES string of the molecule is COCC(C)NC(=O)CN[C@@H](C)c1ccc(F)cc1. The largest absolute Gasteiger partial charge is 0.383 e. The van der Waals surface area contributed by atoms with E-state index >= 15 is 0 Å². The van der Waals surface area contributed by atoms with E-state index in [1.807, 2.05) is 13.8 Å². The summed E-state index contributed by atoms with van der Waals surface area (Å²) in [5.41, 5.74) is 0.944. The van der Waals surface area contributed by atoms with Crippen LogP contribution in [0.25, 0.3) is 0 Å². The predicted octanol–water partition coefficient (Wildman–Crippen LogP) is 1.63. The quantitative estimate of drug-likeness (QED) is 0.790. The maximum absolute atomic E-state index is 12.8. The predicted molar refractivity (Wildman–Crippen MR) is 72.3 cm³/mol. The van der Waals surface area contributed by atoms with Crippen LogP contribution in [0.1, 0.15) is 25.5 Å². The van der Waals surface area contributed by atoms with Crippen LogP contribution < -0.4 is 10.6 Å². The number of carbonyl (C=O) groups excluding carboxylic acids is 1. The van der Waals surface area contributed by atoms with Crippen LogP contribution in [0.4, 0.5) is 4.39 Å². The summed E-state index contributed by atoms with van der Waals surface area (Å²) in [6.45, 7) is 4.51. The van der Waals surface area contributed by atoms with Crippen molar-refractivity contribution in [3.63, 3.8) is 0 Å². The number of ether oxygens (including phenoxy) is 1. The molecule has 2 N–H and O–H groups in total. The summed E-state index contributed by atoms with van der Waals surface area (Å²) in [7, 11) is 1.59. The molecule has 1 aromatic carbocycles. The number of amides is 1. The standard InChI is InChI=1S/C14H21FN2O2/c1-10(9-19-3)17-14(18)8-16-11(2)12-4-6-13(15)7-5-12/h4-7,10-11,16H,8-9H2,1-3H3,(H,17,18)/t10?,11-/m0/s1. The Kier molecular flexibility index (Phi) is 6.45. The van der Waals surface area contributed by atoms with Gasteiger partial charge in [-0.3, -0.25) is 4.79 Å². The first kappa shape index (κ1) is 15.6. The molecule has 0 aromatic heterocycles. The first-order chi connectivity index (χ1) is 9.02. The smallest absolute Gasteiger partial charge is 0.234 e. The fourth-order valence-corrected chi connectivity index (χ4v) is 1.73. The lowest BCUT2D eigenvalue weighted by atomic mass is 10.1. The van der Waals surface area contributed by atoms with E-state index in [0.717, 1.165) is 5.56 Å². The van der Waals surface area contributed by atoms with E-state index in [4.69, 9.17) is 4.74 Å². The Hall–Kier alpha value is -1.46. The summed E-state index contributed by atoms with van der Waals surface area (Å²) >= 11 is 0. The van der Waals surface area contributed by atoms with E-state index in [-0.39, 0.29) is 30.4 Å². The zero-order valence-corrected chi connectivity index (χ0v) is 11.6. The van der Waals surface area contributed by atoms with Crippen molar-refractivity contribution in [2.45, 2.75) is 25.9 Å². The molecule has 0 saturated carbocycles. The van der Waals surface area contributed by atoms with E-state index < -0.39 is 0 Å². The van der Waals surface area contributed by atoms with Crippen LogP contribution in [0, 0.1) is 5.82 Å². The number of nitrogens with one attached hydrogen (secondary N) is 2. The van der Waals surface area contributed by atoms with Gasteiger partial charge in [0.05, 0.1) is 13.2 Å². The lowest BCUT2D eigenvalue weighted by molar-refractivity contribution is -0.121. The third-order valence-corrected chi connectivity index (χ3v) is 2.76. The molecule has 1 rings (SSSR count). The highest BCUT2D eigenvalue weighted by Crippen LogP contribution is 2.12. The summed E-state index contributed by atoms with van der Waals surface area (Å²) in [4.78, 5) is 11.6. The minimum Gasteiger partial charge on any atom is -0.383 e. The summed E-state index contributed by atoms with van der Waals surface area (Å²) in [5, 5.41) is 5.90. The van der Waals surface area contributed by atoms with Crippen LogP contribution in [0.2, 0.25) is 0 Å². The Morgan fingerprint density at radius 1 is 1.32 bits per heavy atom. The Morgan fingerprint density at radius 3 is 2.53 bits per heavy atom. The van der Waals surface area contributed by atoms with Crippen LogP contribution in [-0.2, 0) is 9.53 Å². The molecule has 106 valence electrons. The van der Waals surface area contributed by atoms with Crippen molar-refractivity contribution in [1.82, 2.24) is 10.6 Å². The molecule has 0 bridgehead atoms. The molecule has 5 heteroatoms. The van der Waals surface area contributed by atoms with Crippen molar-refractivity contribution < 1.29 is 13.9 Å². The molecule has 0 heterocycles. The zero-order valence-electron chi connectivity index (χ0n) is 11.6. The Balaban J connectivity index is 2.35. The van der Waals surface area contributed by atoms with Crippen molar-refractivity contribution in [3.05, 3.63) is 35.6 Å². The van der Waals surface area contributed by atoms with Gasteiger partial charge in [0.15, 0.2) is 0 Å². The van der Waals surface area contributed by atoms with Crippen molar-refractivity contribution in [2.75, 3.05) is 20.3 Å². The van der Waals surface area contributed by atoms with E-state index in [1.165, 1.54) is 12.1 Å². The molecule has 0 spiro atoms. The van der Waals surface area contributed by atoms with E-state index in [1.54, 1.807) is 19.2 Å². The molecule has 1 unspecified atom stereocenters. The second kappa shape index (κ2) is 7.86. The average molecular weight is 268 g/mol. The van der Waals surface area contributed by atoms with Crippen molar-refractivity contribution in [3.8, 4) is 0 Å². The number of rotatable bonds is 7. The van der Waals surface area contributed by atoms with E-state index in [0.29, 0.717) is 6.61 Å². The lowest BCUT2D eigenvalue weighted by Crippen LogP contribution is -2.41. The molecular formula is C14H21FN2O2. The fraction of sp³-hybridized carbons (Fsp3) is 0.500. The topological polar surface area (TPSA) is 50.4 Å². The van der Waals surface area contributed by atoms with E-state index in [2.05, 4.69) is 10.6 Å². The normalized spacial score (nSPS) is 13.9. The molecule has 0 aliphatic carbocycles. The first-order valence-corrected chi connectivity index (χ1v) is 6.30. The Bertz CT molecular complexity index is 395. The first-order valence-electron chi connectivity index (χ1n) is 6.30. The minimum absolute atomic E-state index is 0.0101. The highest BCUT2D eigenvalue weighted by molar-refractivity contribution is 5.78. The summed E-state index contributed by atoms with van der Waals surface area (Å²) in [5.74, 6) is -0.347. The van der Waals surface area contributed by atoms with Gasteiger partial charge in [0, 0.05) is 19.2 Å². The van der Waals surface area contributed by atoms with Gasteiger partial charge < -0.3 is 15.4 Å². The molecule has 1 amide bonds. The van der Waals surface area contributed by atoms with Crippen LogP contribution in [0.3, 0.4) is 0 Å². The van der Waals surface area contributed by atoms with Gasteiger partial charge in [-0.1, -0.05) is 12.1 Å². The van der Waals surface area contributed by atoms with Crippen LogP contribution >= 0.6 is 0 Å². The van der Waals surface area contributed by atoms with Gasteiger partial charge in [0.25, 0.3) is 0 Å². The van der Waals surface area contributed by atoms with Crippen LogP contribution in [-0.4, -0.2) is 32.2 Å². The summed E-state index contributed by atoms with van der Waals surface area (Å²) in [6, 6.07) is 6.21. The number of halogens is 1. The Morgan fingerprint density at radius 2 is 1.95 bits per heavy atom. The molecule has 0 saturated heterocycles. The average Bonchev–Trinajstić information content (AvgIpc) is 2.37. The lowest BCUT2D eigenvalue weighted by Gasteiger charge is -2.16. The second-order valence-corrected chi connectivity index (χ2v) is 4.58.